The van der Waals surface area contributed by atoms with Crippen LogP contribution in [0.15, 0.2) is 24.3 Å². The van der Waals surface area contributed by atoms with Crippen molar-refractivity contribution in [2.45, 2.75) is 13.5 Å². The van der Waals surface area contributed by atoms with E-state index in [2.05, 4.69) is 15.8 Å². The molecule has 0 atom stereocenters. The first-order valence-electron chi connectivity index (χ1n) is 5.42. The number of nitrogens with two attached hydrogens (primary N) is 2. The number of carbonyl (C=O) groups is 1. The van der Waals surface area contributed by atoms with Crippen molar-refractivity contribution < 1.29 is 4.79 Å². The molecule has 5 nitrogen and oxygen atoms in total. The summed E-state index contributed by atoms with van der Waals surface area (Å²) in [5, 5.41) is 3.75. The average molecular weight is 262 g/mol. The standard InChI is InChI=1S/C12H14N4OS/c1-7-3-2-4-8(5-7)6-15-12-9(11(14)17)10(13)16-18-12/h2-5,15H,6H2,1H3,(H2,13,16)(H2,14,17). The Morgan fingerprint density at radius 2 is 2.28 bits per heavy atom. The summed E-state index contributed by atoms with van der Waals surface area (Å²) in [5.41, 5.74) is 13.4. The van der Waals surface area contributed by atoms with Crippen LogP contribution in [0.4, 0.5) is 10.8 Å². The number of nitrogens with one attached hydrogen (secondary N) is 1. The highest BCUT2D eigenvalue weighted by atomic mass is 32.1. The maximum atomic E-state index is 11.2. The Labute approximate surface area is 109 Å². The number of benzene rings is 1. The lowest BCUT2D eigenvalue weighted by atomic mass is 10.1. The first-order valence-corrected chi connectivity index (χ1v) is 6.19. The fourth-order valence-electron chi connectivity index (χ4n) is 1.67. The van der Waals surface area contributed by atoms with E-state index < -0.39 is 5.91 Å². The lowest BCUT2D eigenvalue weighted by molar-refractivity contribution is 0.100. The summed E-state index contributed by atoms with van der Waals surface area (Å²) in [7, 11) is 0. The van der Waals surface area contributed by atoms with E-state index in [1.54, 1.807) is 0 Å². The molecule has 5 N–H and O–H groups in total. The molecule has 0 bridgehead atoms. The molecule has 0 fully saturated rings. The molecule has 1 aromatic carbocycles. The Bertz CT molecular complexity index is 579. The minimum absolute atomic E-state index is 0.180. The molecule has 0 saturated carbocycles. The zero-order chi connectivity index (χ0) is 13.1. The Hall–Kier alpha value is -2.08. The molecule has 1 heterocycles. The number of amides is 1. The number of nitrogens with zero attached hydrogens (tertiary/aromatic N) is 1. The average Bonchev–Trinajstić information content (AvgIpc) is 2.68. The second-order valence-corrected chi connectivity index (χ2v) is 4.75. The van der Waals surface area contributed by atoms with Crippen LogP contribution in [0.25, 0.3) is 0 Å². The van der Waals surface area contributed by atoms with Crippen LogP contribution in [0.1, 0.15) is 21.5 Å². The van der Waals surface area contributed by atoms with Crippen LogP contribution >= 0.6 is 11.5 Å². The number of aryl methyl sites for hydroxylation is 1. The maximum Gasteiger partial charge on any atom is 0.255 e. The fourth-order valence-corrected chi connectivity index (χ4v) is 2.38. The number of anilines is 2. The van der Waals surface area contributed by atoms with Crippen molar-refractivity contribution >= 4 is 28.3 Å². The third kappa shape index (κ3) is 2.60. The Morgan fingerprint density at radius 3 is 2.94 bits per heavy atom. The topological polar surface area (TPSA) is 94.0 Å². The van der Waals surface area contributed by atoms with E-state index in [9.17, 15) is 4.79 Å². The normalized spacial score (nSPS) is 10.3. The molecule has 0 aliphatic carbocycles. The van der Waals surface area contributed by atoms with Gasteiger partial charge in [0.25, 0.3) is 5.91 Å². The fraction of sp³-hybridized carbons (Fsp3) is 0.167. The molecule has 1 amide bonds. The monoisotopic (exact) mass is 262 g/mol. The van der Waals surface area contributed by atoms with Crippen molar-refractivity contribution in [1.29, 1.82) is 0 Å². The summed E-state index contributed by atoms with van der Waals surface area (Å²) >= 11 is 1.14. The van der Waals surface area contributed by atoms with Crippen LogP contribution in [0.2, 0.25) is 0 Å². The third-order valence-corrected chi connectivity index (χ3v) is 3.32. The minimum Gasteiger partial charge on any atom is -0.382 e. The van der Waals surface area contributed by atoms with E-state index in [4.69, 9.17) is 11.5 Å². The molecule has 1 aromatic heterocycles. The number of primary amides is 1. The predicted molar refractivity (Wildman–Crippen MR) is 73.5 cm³/mol. The zero-order valence-electron chi connectivity index (χ0n) is 9.93. The van der Waals surface area contributed by atoms with Crippen LogP contribution in [-0.4, -0.2) is 10.3 Å². The number of rotatable bonds is 4. The number of nitrogen functional groups attached to an aromatic ring is 1. The van der Waals surface area contributed by atoms with Crippen molar-refractivity contribution in [2.24, 2.45) is 5.73 Å². The smallest absolute Gasteiger partial charge is 0.255 e. The molecule has 18 heavy (non-hydrogen) atoms. The summed E-state index contributed by atoms with van der Waals surface area (Å²) in [6.45, 7) is 2.63. The van der Waals surface area contributed by atoms with Gasteiger partial charge in [-0.3, -0.25) is 4.79 Å². The molecule has 0 saturated heterocycles. The molecule has 6 heteroatoms. The number of hydrogen-bond acceptors (Lipinski definition) is 5. The maximum absolute atomic E-state index is 11.2. The molecule has 0 spiro atoms. The van der Waals surface area contributed by atoms with E-state index in [0.29, 0.717) is 11.5 Å². The Kier molecular flexibility index (Phi) is 3.47. The van der Waals surface area contributed by atoms with Crippen molar-refractivity contribution in [3.8, 4) is 0 Å². The highest BCUT2D eigenvalue weighted by molar-refractivity contribution is 7.11. The molecule has 0 radical (unpaired) electrons. The molecular formula is C12H14N4OS. The zero-order valence-corrected chi connectivity index (χ0v) is 10.8. The van der Waals surface area contributed by atoms with Gasteiger partial charge >= 0.3 is 0 Å². The van der Waals surface area contributed by atoms with Gasteiger partial charge < -0.3 is 16.8 Å². The van der Waals surface area contributed by atoms with Crippen molar-refractivity contribution in [2.75, 3.05) is 11.1 Å². The molecule has 0 aliphatic rings. The molecule has 0 aliphatic heterocycles. The Balaban J connectivity index is 2.13. The van der Waals surface area contributed by atoms with E-state index in [-0.39, 0.29) is 11.4 Å². The first-order chi connectivity index (χ1) is 8.58. The lowest BCUT2D eigenvalue weighted by Gasteiger charge is -2.06. The largest absolute Gasteiger partial charge is 0.382 e. The lowest BCUT2D eigenvalue weighted by Crippen LogP contribution is -2.14. The van der Waals surface area contributed by atoms with Gasteiger partial charge in [0.1, 0.15) is 10.6 Å². The second-order valence-electron chi connectivity index (χ2n) is 3.98. The van der Waals surface area contributed by atoms with Gasteiger partial charge in [-0.1, -0.05) is 29.8 Å². The molecule has 2 aromatic rings. The van der Waals surface area contributed by atoms with E-state index in [1.807, 2.05) is 25.1 Å². The van der Waals surface area contributed by atoms with Crippen LogP contribution in [0.5, 0.6) is 0 Å². The van der Waals surface area contributed by atoms with E-state index in [1.165, 1.54) is 5.56 Å². The molecule has 2 rings (SSSR count). The van der Waals surface area contributed by atoms with Gasteiger partial charge in [0.15, 0.2) is 5.82 Å². The van der Waals surface area contributed by atoms with Gasteiger partial charge in [-0.05, 0) is 24.0 Å². The molecule has 94 valence electrons. The van der Waals surface area contributed by atoms with Gasteiger partial charge in [-0.25, -0.2) is 0 Å². The van der Waals surface area contributed by atoms with Crippen LogP contribution in [0.3, 0.4) is 0 Å². The van der Waals surface area contributed by atoms with Crippen LogP contribution in [-0.2, 0) is 6.54 Å². The van der Waals surface area contributed by atoms with Crippen LogP contribution in [0, 0.1) is 6.92 Å². The van der Waals surface area contributed by atoms with Crippen LogP contribution < -0.4 is 16.8 Å². The molecule has 0 unspecified atom stereocenters. The summed E-state index contributed by atoms with van der Waals surface area (Å²) in [4.78, 5) is 11.2. The third-order valence-electron chi connectivity index (χ3n) is 2.50. The highest BCUT2D eigenvalue weighted by Crippen LogP contribution is 2.26. The second kappa shape index (κ2) is 5.05. The van der Waals surface area contributed by atoms with Crippen molar-refractivity contribution in [1.82, 2.24) is 4.37 Å². The van der Waals surface area contributed by atoms with Gasteiger partial charge in [0, 0.05) is 6.54 Å². The van der Waals surface area contributed by atoms with Gasteiger partial charge in [-0.2, -0.15) is 4.37 Å². The predicted octanol–water partition coefficient (Wildman–Crippen LogP) is 1.74. The minimum atomic E-state index is -0.562. The summed E-state index contributed by atoms with van der Waals surface area (Å²) in [6.07, 6.45) is 0. The van der Waals surface area contributed by atoms with Gasteiger partial charge in [0.05, 0.1) is 0 Å². The highest BCUT2D eigenvalue weighted by Gasteiger charge is 2.16. The van der Waals surface area contributed by atoms with E-state index >= 15 is 0 Å². The number of hydrogen-bond donors (Lipinski definition) is 3. The number of carbonyl (C=O) groups excluding carboxylic acids is 1. The number of aromatic nitrogens is 1. The van der Waals surface area contributed by atoms with E-state index in [0.717, 1.165) is 17.1 Å². The summed E-state index contributed by atoms with van der Waals surface area (Å²) < 4.78 is 3.92. The Morgan fingerprint density at radius 1 is 1.50 bits per heavy atom. The SMILES string of the molecule is Cc1cccc(CNc2snc(N)c2C(N)=O)c1. The van der Waals surface area contributed by atoms with Gasteiger partial charge in [-0.15, -0.1) is 0 Å². The molecular weight excluding hydrogens is 248 g/mol. The first kappa shape index (κ1) is 12.4. The van der Waals surface area contributed by atoms with Crippen molar-refractivity contribution in [3.05, 3.63) is 41.0 Å². The van der Waals surface area contributed by atoms with Crippen molar-refractivity contribution in [3.63, 3.8) is 0 Å². The van der Waals surface area contributed by atoms with Gasteiger partial charge in [0.2, 0.25) is 0 Å². The quantitative estimate of drug-likeness (QED) is 0.782. The summed E-state index contributed by atoms with van der Waals surface area (Å²) in [6, 6.07) is 8.10. The summed E-state index contributed by atoms with van der Waals surface area (Å²) in [5.74, 6) is -0.382.